The van der Waals surface area contributed by atoms with Crippen LogP contribution in [0.25, 0.3) is 22.4 Å². The monoisotopic (exact) mass is 490 g/mol. The number of nitrogen functional groups attached to an aromatic ring is 1. The second kappa shape index (κ2) is 10.7. The Labute approximate surface area is 210 Å². The number of nitrogens with zero attached hydrogens (tertiary/aromatic N) is 5. The lowest BCUT2D eigenvalue weighted by molar-refractivity contribution is 0.0136. The number of aryl methyl sites for hydroxylation is 1. The molecule has 0 unspecified atom stereocenters. The first-order chi connectivity index (χ1) is 17.5. The lowest BCUT2D eigenvalue weighted by Crippen LogP contribution is -2.53. The molecule has 0 bridgehead atoms. The first-order valence-electron chi connectivity index (χ1n) is 12.5. The van der Waals surface area contributed by atoms with E-state index in [4.69, 9.17) is 10.5 Å². The highest BCUT2D eigenvalue weighted by Crippen LogP contribution is 2.33. The molecule has 188 valence electrons. The maximum absolute atomic E-state index is 15.3. The van der Waals surface area contributed by atoms with Crippen LogP contribution in [0.2, 0.25) is 0 Å². The molecule has 9 heteroatoms. The van der Waals surface area contributed by atoms with E-state index in [9.17, 15) is 4.79 Å². The number of hydrogen-bond donors (Lipinski definition) is 1. The van der Waals surface area contributed by atoms with Gasteiger partial charge in [0.15, 0.2) is 0 Å². The third-order valence-corrected chi connectivity index (χ3v) is 7.12. The van der Waals surface area contributed by atoms with Gasteiger partial charge in [-0.15, -0.1) is 0 Å². The Bertz CT molecular complexity index is 1220. The van der Waals surface area contributed by atoms with Crippen LogP contribution in [0, 0.1) is 5.82 Å². The van der Waals surface area contributed by atoms with E-state index in [0.717, 1.165) is 56.0 Å². The van der Waals surface area contributed by atoms with Gasteiger partial charge in [-0.2, -0.15) is 0 Å². The highest BCUT2D eigenvalue weighted by atomic mass is 19.1. The van der Waals surface area contributed by atoms with Crippen molar-refractivity contribution in [1.82, 2.24) is 24.8 Å². The van der Waals surface area contributed by atoms with Crippen LogP contribution in [-0.2, 0) is 11.2 Å². The summed E-state index contributed by atoms with van der Waals surface area (Å²) >= 11 is 0. The fourth-order valence-corrected chi connectivity index (χ4v) is 5.11. The number of ether oxygens (including phenoxy) is 1. The molecular weight excluding hydrogens is 459 g/mol. The summed E-state index contributed by atoms with van der Waals surface area (Å²) in [5.41, 5.74) is 9.44. The third kappa shape index (κ3) is 4.94. The molecule has 0 atom stereocenters. The number of pyridine rings is 1. The standard InChI is InChI=1S/C27H31FN6O2/c1-2-23-25(19-4-6-24(29)30-16-19)26(32-17-31-23)18-3-5-21(22(28)15-18)27(35)34-11-9-33(10-12-34)20-7-13-36-14-8-20/h3-6,15-17,20H,2,7-14H2,1H3,(H2,29,30). The molecule has 4 heterocycles. The Morgan fingerprint density at radius 1 is 1.06 bits per heavy atom. The van der Waals surface area contributed by atoms with E-state index >= 15 is 4.39 Å². The number of anilines is 1. The van der Waals surface area contributed by atoms with Crippen molar-refractivity contribution in [1.29, 1.82) is 0 Å². The van der Waals surface area contributed by atoms with Gasteiger partial charge in [-0.25, -0.2) is 19.3 Å². The Morgan fingerprint density at radius 2 is 1.81 bits per heavy atom. The van der Waals surface area contributed by atoms with Crippen molar-refractivity contribution in [3.63, 3.8) is 0 Å². The van der Waals surface area contributed by atoms with Crippen molar-refractivity contribution in [3.8, 4) is 22.4 Å². The number of rotatable bonds is 5. The van der Waals surface area contributed by atoms with Crippen LogP contribution in [0.15, 0.2) is 42.9 Å². The quantitative estimate of drug-likeness (QED) is 0.585. The Balaban J connectivity index is 1.36. The molecule has 2 aliphatic heterocycles. The van der Waals surface area contributed by atoms with Gasteiger partial charge in [0.25, 0.3) is 5.91 Å². The van der Waals surface area contributed by atoms with Gasteiger partial charge in [-0.05, 0) is 43.5 Å². The Hall–Kier alpha value is -3.43. The van der Waals surface area contributed by atoms with Gasteiger partial charge < -0.3 is 15.4 Å². The topological polar surface area (TPSA) is 97.5 Å². The molecule has 2 saturated heterocycles. The molecule has 0 radical (unpaired) electrons. The van der Waals surface area contributed by atoms with Crippen LogP contribution in [0.5, 0.6) is 0 Å². The second-order valence-electron chi connectivity index (χ2n) is 9.24. The molecule has 0 spiro atoms. The van der Waals surface area contributed by atoms with Gasteiger partial charge in [0.2, 0.25) is 0 Å². The number of aromatic nitrogens is 3. The summed E-state index contributed by atoms with van der Waals surface area (Å²) < 4.78 is 20.8. The predicted octanol–water partition coefficient (Wildman–Crippen LogP) is 3.43. The summed E-state index contributed by atoms with van der Waals surface area (Å²) in [4.78, 5) is 30.4. The lowest BCUT2D eigenvalue weighted by Gasteiger charge is -2.40. The minimum absolute atomic E-state index is 0.0822. The van der Waals surface area contributed by atoms with Crippen molar-refractivity contribution in [2.24, 2.45) is 0 Å². The molecule has 2 aliphatic rings. The van der Waals surface area contributed by atoms with Crippen LogP contribution in [0.4, 0.5) is 10.2 Å². The summed E-state index contributed by atoms with van der Waals surface area (Å²) in [6.45, 7) is 6.39. The van der Waals surface area contributed by atoms with Crippen LogP contribution < -0.4 is 5.73 Å². The molecule has 36 heavy (non-hydrogen) atoms. The van der Waals surface area contributed by atoms with Gasteiger partial charge in [-0.1, -0.05) is 13.0 Å². The fourth-order valence-electron chi connectivity index (χ4n) is 5.11. The summed E-state index contributed by atoms with van der Waals surface area (Å²) in [6, 6.07) is 8.80. The Kier molecular flexibility index (Phi) is 7.20. The average Bonchev–Trinajstić information content (AvgIpc) is 2.93. The van der Waals surface area contributed by atoms with Gasteiger partial charge in [0, 0.05) is 68.3 Å². The van der Waals surface area contributed by atoms with Crippen LogP contribution in [-0.4, -0.2) is 76.1 Å². The largest absolute Gasteiger partial charge is 0.384 e. The minimum atomic E-state index is -0.553. The average molecular weight is 491 g/mol. The molecule has 2 fully saturated rings. The zero-order chi connectivity index (χ0) is 25.1. The fraction of sp³-hybridized carbons (Fsp3) is 0.407. The third-order valence-electron chi connectivity index (χ3n) is 7.12. The predicted molar refractivity (Wildman–Crippen MR) is 136 cm³/mol. The van der Waals surface area contributed by atoms with Crippen molar-refractivity contribution in [2.45, 2.75) is 32.2 Å². The zero-order valence-electron chi connectivity index (χ0n) is 20.5. The van der Waals surface area contributed by atoms with E-state index in [1.54, 1.807) is 29.3 Å². The first-order valence-corrected chi connectivity index (χ1v) is 12.5. The van der Waals surface area contributed by atoms with E-state index < -0.39 is 5.82 Å². The van der Waals surface area contributed by atoms with Crippen molar-refractivity contribution >= 4 is 11.7 Å². The lowest BCUT2D eigenvalue weighted by atomic mass is 9.96. The van der Waals surface area contributed by atoms with E-state index in [-0.39, 0.29) is 11.5 Å². The van der Waals surface area contributed by atoms with E-state index in [1.165, 1.54) is 12.4 Å². The zero-order valence-corrected chi connectivity index (χ0v) is 20.5. The molecule has 1 aromatic carbocycles. The van der Waals surface area contributed by atoms with Crippen molar-refractivity contribution in [2.75, 3.05) is 45.1 Å². The van der Waals surface area contributed by atoms with Gasteiger partial charge in [0.05, 0.1) is 17.0 Å². The summed E-state index contributed by atoms with van der Waals surface area (Å²) in [7, 11) is 0. The molecule has 0 saturated carbocycles. The first kappa shape index (κ1) is 24.3. The van der Waals surface area contributed by atoms with E-state index in [0.29, 0.717) is 42.6 Å². The molecule has 8 nitrogen and oxygen atoms in total. The SMILES string of the molecule is CCc1ncnc(-c2ccc(C(=O)N3CCN(C4CCOCC4)CC3)c(F)c2)c1-c1ccc(N)nc1. The van der Waals surface area contributed by atoms with E-state index in [2.05, 4.69) is 19.9 Å². The summed E-state index contributed by atoms with van der Waals surface area (Å²) in [5, 5.41) is 0. The van der Waals surface area contributed by atoms with Crippen molar-refractivity contribution < 1.29 is 13.9 Å². The highest BCUT2D eigenvalue weighted by molar-refractivity contribution is 5.95. The van der Waals surface area contributed by atoms with E-state index in [1.807, 2.05) is 13.0 Å². The molecular formula is C27H31FN6O2. The number of benzene rings is 1. The molecule has 1 amide bonds. The maximum Gasteiger partial charge on any atom is 0.256 e. The smallest absolute Gasteiger partial charge is 0.256 e. The van der Waals surface area contributed by atoms with Crippen LogP contribution >= 0.6 is 0 Å². The molecule has 2 N–H and O–H groups in total. The summed E-state index contributed by atoms with van der Waals surface area (Å²) in [5.74, 6) is -0.411. The molecule has 3 aromatic rings. The number of carbonyl (C=O) groups excluding carboxylic acids is 1. The molecule has 0 aliphatic carbocycles. The highest BCUT2D eigenvalue weighted by Gasteiger charge is 2.29. The number of carbonyl (C=O) groups is 1. The maximum atomic E-state index is 15.3. The molecule has 2 aromatic heterocycles. The second-order valence-corrected chi connectivity index (χ2v) is 9.24. The number of amides is 1. The Morgan fingerprint density at radius 3 is 2.47 bits per heavy atom. The normalized spacial score (nSPS) is 17.3. The minimum Gasteiger partial charge on any atom is -0.384 e. The van der Waals surface area contributed by atoms with Crippen molar-refractivity contribution in [3.05, 3.63) is 59.9 Å². The number of hydrogen-bond acceptors (Lipinski definition) is 7. The van der Waals surface area contributed by atoms with Gasteiger partial charge >= 0.3 is 0 Å². The summed E-state index contributed by atoms with van der Waals surface area (Å²) in [6.07, 6.45) is 5.89. The van der Waals surface area contributed by atoms with Gasteiger partial charge in [0.1, 0.15) is 18.0 Å². The number of piperazine rings is 1. The molecule has 5 rings (SSSR count). The number of nitrogens with two attached hydrogens (primary N) is 1. The van der Waals surface area contributed by atoms with Crippen LogP contribution in [0.1, 0.15) is 35.8 Å². The van der Waals surface area contributed by atoms with Gasteiger partial charge in [-0.3, -0.25) is 9.69 Å². The number of halogens is 1. The van der Waals surface area contributed by atoms with Crippen LogP contribution in [0.3, 0.4) is 0 Å².